The van der Waals surface area contributed by atoms with Crippen LogP contribution >= 0.6 is 23.4 Å². The van der Waals surface area contributed by atoms with Crippen LogP contribution in [0.25, 0.3) is 0 Å². The molecule has 0 bridgehead atoms. The molecule has 76 valence electrons. The summed E-state index contributed by atoms with van der Waals surface area (Å²) in [6.07, 6.45) is 3.20. The Morgan fingerprint density at radius 1 is 1.13 bits per heavy atom. The zero-order chi connectivity index (χ0) is 10.7. The van der Waals surface area contributed by atoms with Crippen molar-refractivity contribution in [3.8, 4) is 0 Å². The van der Waals surface area contributed by atoms with Crippen LogP contribution in [0.3, 0.4) is 0 Å². The molecule has 6 heteroatoms. The van der Waals surface area contributed by atoms with Crippen molar-refractivity contribution in [1.82, 2.24) is 15.0 Å². The smallest absolute Gasteiger partial charge is 0.221 e. The molecule has 4 nitrogen and oxygen atoms in total. The number of rotatable bonds is 2. The van der Waals surface area contributed by atoms with E-state index in [4.69, 9.17) is 17.3 Å². The standard InChI is InChI=1S/C9H7ClN4S/c10-6-1-2-7(13-5-6)15-8-3-4-12-9(11)14-8/h1-5H,(H2,11,12,14). The van der Waals surface area contributed by atoms with E-state index >= 15 is 0 Å². The van der Waals surface area contributed by atoms with Crippen molar-refractivity contribution in [3.05, 3.63) is 35.6 Å². The van der Waals surface area contributed by atoms with E-state index in [-0.39, 0.29) is 5.95 Å². The van der Waals surface area contributed by atoms with Crippen molar-refractivity contribution in [1.29, 1.82) is 0 Å². The van der Waals surface area contributed by atoms with Crippen molar-refractivity contribution >= 4 is 29.3 Å². The molecule has 0 aliphatic heterocycles. The lowest BCUT2D eigenvalue weighted by molar-refractivity contribution is 1.05. The van der Waals surface area contributed by atoms with E-state index in [1.165, 1.54) is 11.8 Å². The summed E-state index contributed by atoms with van der Waals surface area (Å²) in [5, 5.41) is 2.19. The SMILES string of the molecule is Nc1nccc(Sc2ccc(Cl)cn2)n1. The van der Waals surface area contributed by atoms with Gasteiger partial charge in [-0.2, -0.15) is 0 Å². The number of nitrogens with zero attached hydrogens (tertiary/aromatic N) is 3. The van der Waals surface area contributed by atoms with Crippen LogP contribution in [0.4, 0.5) is 5.95 Å². The molecular weight excluding hydrogens is 232 g/mol. The van der Waals surface area contributed by atoms with Crippen LogP contribution in [0.5, 0.6) is 0 Å². The van der Waals surface area contributed by atoms with Gasteiger partial charge >= 0.3 is 0 Å². The highest BCUT2D eigenvalue weighted by Gasteiger charge is 2.00. The van der Waals surface area contributed by atoms with Gasteiger partial charge in [-0.3, -0.25) is 0 Å². The van der Waals surface area contributed by atoms with Crippen molar-refractivity contribution < 1.29 is 0 Å². The Morgan fingerprint density at radius 2 is 2.00 bits per heavy atom. The fraction of sp³-hybridized carbons (Fsp3) is 0. The molecular formula is C9H7ClN4S. The predicted molar refractivity (Wildman–Crippen MR) is 59.8 cm³/mol. The predicted octanol–water partition coefficient (Wildman–Crippen LogP) is 2.26. The van der Waals surface area contributed by atoms with Gasteiger partial charge in [0.15, 0.2) is 0 Å². The van der Waals surface area contributed by atoms with Gasteiger partial charge in [-0.15, -0.1) is 0 Å². The third-order valence-corrected chi connectivity index (χ3v) is 2.67. The Labute approximate surface area is 95.9 Å². The van der Waals surface area contributed by atoms with Crippen LogP contribution in [-0.2, 0) is 0 Å². The van der Waals surface area contributed by atoms with Gasteiger partial charge in [0.25, 0.3) is 0 Å². The number of nitrogen functional groups attached to an aromatic ring is 1. The Bertz CT molecular complexity index is 460. The Kier molecular flexibility index (Phi) is 3.03. The van der Waals surface area contributed by atoms with Gasteiger partial charge in [0, 0.05) is 12.4 Å². The molecule has 0 fully saturated rings. The second kappa shape index (κ2) is 4.46. The number of halogens is 1. The van der Waals surface area contributed by atoms with E-state index in [2.05, 4.69) is 15.0 Å². The van der Waals surface area contributed by atoms with E-state index in [0.29, 0.717) is 5.02 Å². The summed E-state index contributed by atoms with van der Waals surface area (Å²) in [5.41, 5.74) is 5.46. The van der Waals surface area contributed by atoms with Crippen LogP contribution in [0, 0.1) is 0 Å². The molecule has 0 radical (unpaired) electrons. The lowest BCUT2D eigenvalue weighted by Gasteiger charge is -1.99. The minimum absolute atomic E-state index is 0.258. The Hall–Kier alpha value is -1.33. The molecule has 15 heavy (non-hydrogen) atoms. The Balaban J connectivity index is 2.18. The highest BCUT2D eigenvalue weighted by Crippen LogP contribution is 2.24. The van der Waals surface area contributed by atoms with E-state index in [0.717, 1.165) is 10.1 Å². The molecule has 0 atom stereocenters. The molecule has 0 saturated heterocycles. The summed E-state index contributed by atoms with van der Waals surface area (Å²) in [6, 6.07) is 5.38. The molecule has 0 spiro atoms. The van der Waals surface area contributed by atoms with Crippen LogP contribution in [0.2, 0.25) is 5.02 Å². The second-order valence-corrected chi connectivity index (χ2v) is 4.15. The molecule has 0 aliphatic carbocycles. The van der Waals surface area contributed by atoms with Crippen molar-refractivity contribution in [2.24, 2.45) is 0 Å². The summed E-state index contributed by atoms with van der Waals surface area (Å²) in [6.45, 7) is 0. The average Bonchev–Trinajstić information content (AvgIpc) is 2.22. The van der Waals surface area contributed by atoms with E-state index in [9.17, 15) is 0 Å². The summed E-state index contributed by atoms with van der Waals surface area (Å²) in [5.74, 6) is 0.258. The van der Waals surface area contributed by atoms with Crippen molar-refractivity contribution in [3.63, 3.8) is 0 Å². The molecule has 0 aliphatic rings. The van der Waals surface area contributed by atoms with E-state index < -0.39 is 0 Å². The van der Waals surface area contributed by atoms with Gasteiger partial charge in [0.05, 0.1) is 5.02 Å². The number of aromatic nitrogens is 3. The van der Waals surface area contributed by atoms with E-state index in [1.54, 1.807) is 24.5 Å². The maximum Gasteiger partial charge on any atom is 0.221 e. The average molecular weight is 239 g/mol. The number of anilines is 1. The maximum atomic E-state index is 5.72. The first kappa shape index (κ1) is 10.2. The van der Waals surface area contributed by atoms with Gasteiger partial charge in [-0.25, -0.2) is 15.0 Å². The molecule has 2 N–H and O–H groups in total. The molecule has 2 aromatic heterocycles. The molecule has 2 rings (SSSR count). The van der Waals surface area contributed by atoms with E-state index in [1.807, 2.05) is 6.07 Å². The first-order valence-corrected chi connectivity index (χ1v) is 5.31. The maximum absolute atomic E-state index is 5.72. The molecule has 0 amide bonds. The summed E-state index contributed by atoms with van der Waals surface area (Å²) < 4.78 is 0. The largest absolute Gasteiger partial charge is 0.368 e. The van der Waals surface area contributed by atoms with Gasteiger partial charge < -0.3 is 5.73 Å². The fourth-order valence-corrected chi connectivity index (χ4v) is 1.78. The monoisotopic (exact) mass is 238 g/mol. The van der Waals surface area contributed by atoms with Crippen LogP contribution in [0.15, 0.2) is 40.6 Å². The highest BCUT2D eigenvalue weighted by molar-refractivity contribution is 7.99. The highest BCUT2D eigenvalue weighted by atomic mass is 35.5. The molecule has 0 saturated carbocycles. The van der Waals surface area contributed by atoms with Crippen LogP contribution < -0.4 is 5.73 Å². The summed E-state index contributed by atoms with van der Waals surface area (Å²) in [7, 11) is 0. The van der Waals surface area contributed by atoms with Gasteiger partial charge in [-0.1, -0.05) is 11.6 Å². The lowest BCUT2D eigenvalue weighted by Crippen LogP contribution is -1.94. The number of hydrogen-bond donors (Lipinski definition) is 1. The number of pyridine rings is 1. The minimum atomic E-state index is 0.258. The minimum Gasteiger partial charge on any atom is -0.368 e. The first-order chi connectivity index (χ1) is 7.24. The first-order valence-electron chi connectivity index (χ1n) is 4.12. The summed E-state index contributed by atoms with van der Waals surface area (Å²) in [4.78, 5) is 12.0. The topological polar surface area (TPSA) is 64.7 Å². The number of hydrogen-bond acceptors (Lipinski definition) is 5. The quantitative estimate of drug-likeness (QED) is 0.813. The van der Waals surface area contributed by atoms with Crippen molar-refractivity contribution in [2.75, 3.05) is 5.73 Å². The van der Waals surface area contributed by atoms with Crippen LogP contribution in [-0.4, -0.2) is 15.0 Å². The third-order valence-electron chi connectivity index (χ3n) is 1.56. The molecule has 0 unspecified atom stereocenters. The third kappa shape index (κ3) is 2.81. The van der Waals surface area contributed by atoms with Gasteiger partial charge in [0.1, 0.15) is 10.1 Å². The zero-order valence-electron chi connectivity index (χ0n) is 7.59. The molecule has 0 aromatic carbocycles. The second-order valence-electron chi connectivity index (χ2n) is 2.67. The van der Waals surface area contributed by atoms with Gasteiger partial charge in [0.2, 0.25) is 5.95 Å². The molecule has 2 heterocycles. The Morgan fingerprint density at radius 3 is 2.67 bits per heavy atom. The number of nitrogens with two attached hydrogens (primary N) is 1. The normalized spacial score (nSPS) is 10.2. The zero-order valence-corrected chi connectivity index (χ0v) is 9.16. The fourth-order valence-electron chi connectivity index (χ4n) is 0.943. The lowest BCUT2D eigenvalue weighted by atomic mass is 10.5. The summed E-state index contributed by atoms with van der Waals surface area (Å²) >= 11 is 7.13. The molecule has 2 aromatic rings. The van der Waals surface area contributed by atoms with Gasteiger partial charge in [-0.05, 0) is 30.0 Å². The van der Waals surface area contributed by atoms with Crippen molar-refractivity contribution in [2.45, 2.75) is 10.1 Å². The van der Waals surface area contributed by atoms with Crippen LogP contribution in [0.1, 0.15) is 0 Å².